The lowest BCUT2D eigenvalue weighted by Crippen LogP contribution is -2.22. The molecule has 0 saturated carbocycles. The number of rotatable bonds is 7. The van der Waals surface area contributed by atoms with Gasteiger partial charge in [0.1, 0.15) is 11.5 Å². The van der Waals surface area contributed by atoms with Crippen molar-refractivity contribution in [2.24, 2.45) is 0 Å². The highest BCUT2D eigenvalue weighted by Gasteiger charge is 2.19. The Bertz CT molecular complexity index is 580. The molecule has 0 fully saturated rings. The van der Waals surface area contributed by atoms with E-state index >= 15 is 0 Å². The summed E-state index contributed by atoms with van der Waals surface area (Å²) in [5, 5.41) is 3.48. The smallest absolute Gasteiger partial charge is 0.133 e. The van der Waals surface area contributed by atoms with E-state index in [4.69, 9.17) is 9.15 Å². The predicted octanol–water partition coefficient (Wildman–Crippen LogP) is 4.84. The molecule has 1 aromatic carbocycles. The molecule has 3 nitrogen and oxygen atoms in total. The van der Waals surface area contributed by atoms with Gasteiger partial charge in [0, 0.05) is 0 Å². The number of nitrogens with one attached hydrogen (secondary N) is 1. The van der Waals surface area contributed by atoms with Crippen molar-refractivity contribution in [3.63, 3.8) is 0 Å². The van der Waals surface area contributed by atoms with Crippen LogP contribution in [0.15, 0.2) is 39.4 Å². The molecule has 0 amide bonds. The van der Waals surface area contributed by atoms with E-state index in [-0.39, 0.29) is 6.04 Å². The first-order valence-electron chi connectivity index (χ1n) is 7.37. The van der Waals surface area contributed by atoms with Crippen molar-refractivity contribution in [3.05, 3.63) is 51.9 Å². The SMILES string of the molecule is CCCOc1ccc(C(NCC)c2occc2C)cc1Br. The Kier molecular flexibility index (Phi) is 5.88. The molecule has 0 radical (unpaired) electrons. The number of hydrogen-bond acceptors (Lipinski definition) is 3. The first-order chi connectivity index (χ1) is 10.2. The highest BCUT2D eigenvalue weighted by atomic mass is 79.9. The van der Waals surface area contributed by atoms with Gasteiger partial charge in [-0.2, -0.15) is 0 Å². The summed E-state index contributed by atoms with van der Waals surface area (Å²) in [6.07, 6.45) is 2.74. The Morgan fingerprint density at radius 2 is 2.10 bits per heavy atom. The lowest BCUT2D eigenvalue weighted by Gasteiger charge is -2.18. The van der Waals surface area contributed by atoms with Crippen molar-refractivity contribution in [1.29, 1.82) is 0 Å². The zero-order valence-electron chi connectivity index (χ0n) is 12.8. The first-order valence-corrected chi connectivity index (χ1v) is 8.16. The maximum absolute atomic E-state index is 5.70. The maximum atomic E-state index is 5.70. The Morgan fingerprint density at radius 3 is 2.67 bits per heavy atom. The number of halogens is 1. The van der Waals surface area contributed by atoms with E-state index in [1.54, 1.807) is 6.26 Å². The summed E-state index contributed by atoms with van der Waals surface area (Å²) in [6, 6.07) is 8.25. The molecule has 1 N–H and O–H groups in total. The number of furan rings is 1. The van der Waals surface area contributed by atoms with Gasteiger partial charge in [-0.25, -0.2) is 0 Å². The molecule has 0 aliphatic rings. The van der Waals surface area contributed by atoms with E-state index in [1.165, 1.54) is 0 Å². The van der Waals surface area contributed by atoms with E-state index in [9.17, 15) is 0 Å². The minimum atomic E-state index is 0.0570. The third kappa shape index (κ3) is 3.89. The highest BCUT2D eigenvalue weighted by molar-refractivity contribution is 9.10. The Hall–Kier alpha value is -1.26. The summed E-state index contributed by atoms with van der Waals surface area (Å²) in [5.74, 6) is 1.85. The predicted molar refractivity (Wildman–Crippen MR) is 88.9 cm³/mol. The average Bonchev–Trinajstić information content (AvgIpc) is 2.89. The van der Waals surface area contributed by atoms with Crippen LogP contribution in [0.5, 0.6) is 5.75 Å². The van der Waals surface area contributed by atoms with E-state index < -0.39 is 0 Å². The van der Waals surface area contributed by atoms with E-state index in [0.29, 0.717) is 0 Å². The maximum Gasteiger partial charge on any atom is 0.133 e. The van der Waals surface area contributed by atoms with Crippen LogP contribution in [-0.2, 0) is 0 Å². The number of ether oxygens (including phenoxy) is 1. The molecule has 4 heteroatoms. The molecule has 1 atom stereocenters. The fourth-order valence-corrected chi connectivity index (χ4v) is 2.78. The summed E-state index contributed by atoms with van der Waals surface area (Å²) in [4.78, 5) is 0. The van der Waals surface area contributed by atoms with Crippen LogP contribution in [0.3, 0.4) is 0 Å². The molecular weight excluding hydrogens is 330 g/mol. The molecule has 0 aliphatic carbocycles. The second kappa shape index (κ2) is 7.66. The zero-order valence-corrected chi connectivity index (χ0v) is 14.4. The summed E-state index contributed by atoms with van der Waals surface area (Å²) in [6.45, 7) is 7.86. The molecule has 2 aromatic rings. The summed E-state index contributed by atoms with van der Waals surface area (Å²) >= 11 is 3.60. The Morgan fingerprint density at radius 1 is 1.29 bits per heavy atom. The third-order valence-corrected chi connectivity index (χ3v) is 3.94. The quantitative estimate of drug-likeness (QED) is 0.774. The minimum absolute atomic E-state index is 0.0570. The number of hydrogen-bond donors (Lipinski definition) is 1. The Labute approximate surface area is 134 Å². The van der Waals surface area contributed by atoms with Crippen LogP contribution in [-0.4, -0.2) is 13.2 Å². The van der Waals surface area contributed by atoms with E-state index in [2.05, 4.69) is 54.2 Å². The van der Waals surface area contributed by atoms with Gasteiger partial charge in [-0.1, -0.05) is 19.9 Å². The molecule has 0 spiro atoms. The second-order valence-corrected chi connectivity index (χ2v) is 5.85. The van der Waals surface area contributed by atoms with Crippen molar-refractivity contribution in [3.8, 4) is 5.75 Å². The summed E-state index contributed by atoms with van der Waals surface area (Å²) in [7, 11) is 0. The lowest BCUT2D eigenvalue weighted by atomic mass is 10.0. The number of benzene rings is 1. The molecule has 0 saturated heterocycles. The van der Waals surface area contributed by atoms with Gasteiger partial charge in [-0.15, -0.1) is 0 Å². The zero-order chi connectivity index (χ0) is 15.2. The van der Waals surface area contributed by atoms with Gasteiger partial charge in [0.2, 0.25) is 0 Å². The van der Waals surface area contributed by atoms with Gasteiger partial charge < -0.3 is 14.5 Å². The van der Waals surface area contributed by atoms with Crippen LogP contribution >= 0.6 is 15.9 Å². The normalized spacial score (nSPS) is 12.4. The fraction of sp³-hybridized carbons (Fsp3) is 0.412. The van der Waals surface area contributed by atoms with Crippen molar-refractivity contribution in [1.82, 2.24) is 5.32 Å². The van der Waals surface area contributed by atoms with Crippen molar-refractivity contribution >= 4 is 15.9 Å². The van der Waals surface area contributed by atoms with Crippen molar-refractivity contribution < 1.29 is 9.15 Å². The average molecular weight is 352 g/mol. The topological polar surface area (TPSA) is 34.4 Å². The van der Waals surface area contributed by atoms with Crippen LogP contribution in [0, 0.1) is 6.92 Å². The molecule has 21 heavy (non-hydrogen) atoms. The minimum Gasteiger partial charge on any atom is -0.492 e. The van der Waals surface area contributed by atoms with Crippen LogP contribution in [0.1, 0.15) is 43.2 Å². The Balaban J connectivity index is 2.29. The van der Waals surface area contributed by atoms with Gasteiger partial charge in [0.05, 0.1) is 23.4 Å². The third-order valence-electron chi connectivity index (χ3n) is 3.32. The number of aryl methyl sites for hydroxylation is 1. The van der Waals surface area contributed by atoms with Crippen molar-refractivity contribution in [2.45, 2.75) is 33.2 Å². The molecule has 0 bridgehead atoms. The largest absolute Gasteiger partial charge is 0.492 e. The molecule has 2 rings (SSSR count). The van der Waals surface area contributed by atoms with E-state index in [1.807, 2.05) is 12.1 Å². The summed E-state index contributed by atoms with van der Waals surface area (Å²) in [5.41, 5.74) is 2.31. The highest BCUT2D eigenvalue weighted by Crippen LogP contribution is 2.32. The fourth-order valence-electron chi connectivity index (χ4n) is 2.27. The molecule has 0 aliphatic heterocycles. The van der Waals surface area contributed by atoms with Crippen LogP contribution in [0.4, 0.5) is 0 Å². The molecule has 1 aromatic heterocycles. The van der Waals surface area contributed by atoms with Gasteiger partial charge in [0.25, 0.3) is 0 Å². The lowest BCUT2D eigenvalue weighted by molar-refractivity contribution is 0.315. The van der Waals surface area contributed by atoms with Crippen LogP contribution in [0.25, 0.3) is 0 Å². The van der Waals surface area contributed by atoms with Gasteiger partial charge in [-0.05, 0) is 65.1 Å². The van der Waals surface area contributed by atoms with Crippen LogP contribution in [0.2, 0.25) is 0 Å². The standard InChI is InChI=1S/C17H22BrNO2/c1-4-9-20-15-7-6-13(11-14(15)18)16(19-5-2)17-12(3)8-10-21-17/h6-8,10-11,16,19H,4-5,9H2,1-3H3. The van der Waals surface area contributed by atoms with Gasteiger partial charge >= 0.3 is 0 Å². The molecule has 1 heterocycles. The van der Waals surface area contributed by atoms with Crippen molar-refractivity contribution in [2.75, 3.05) is 13.2 Å². The summed E-state index contributed by atoms with van der Waals surface area (Å²) < 4.78 is 12.3. The van der Waals surface area contributed by atoms with Gasteiger partial charge in [-0.3, -0.25) is 0 Å². The van der Waals surface area contributed by atoms with Gasteiger partial charge in [0.15, 0.2) is 0 Å². The molecular formula is C17H22BrNO2. The molecule has 114 valence electrons. The monoisotopic (exact) mass is 351 g/mol. The first kappa shape index (κ1) is 16.1. The second-order valence-electron chi connectivity index (χ2n) is 5.00. The van der Waals surface area contributed by atoms with E-state index in [0.717, 1.165) is 46.7 Å². The van der Waals surface area contributed by atoms with Crippen LogP contribution < -0.4 is 10.1 Å². The molecule has 1 unspecified atom stereocenters.